The van der Waals surface area contributed by atoms with Gasteiger partial charge in [0, 0.05) is 51.1 Å². The molecule has 7 rings (SSSR count). The van der Waals surface area contributed by atoms with Crippen LogP contribution in [0.3, 0.4) is 0 Å². The van der Waals surface area contributed by atoms with Gasteiger partial charge in [-0.2, -0.15) is 0 Å². The highest BCUT2D eigenvalue weighted by atomic mass is 16.5. The molecule has 7 amide bonds. The molecule has 0 spiro atoms. The fraction of sp³-hybridized carbons (Fsp3) is 0.508. The van der Waals surface area contributed by atoms with Gasteiger partial charge in [0.15, 0.2) is 0 Å². The number of aliphatic hydroxyl groups is 7. The number of nitrogens with zero attached hydrogens (tertiary/aromatic N) is 2. The molecule has 3 saturated heterocycles. The SMILES string of the molecule is CCCCCOc1ccc(-c2ccc(-c3ccc(C(=O)NC4C[C@@H](O)C(NCCOCCOC)NC(=O)[C@@H]5[C@@H](O)[C@@H](C)CN5C(=O)C([C@@H](C)O)NC(=O)C([C@H](O)[C@@H](O)c5ccc(O)cc5)NC(=O)C5C[C@@H](O)CN5C(=O)C([C@@H](C)O)NC4=O)cc3)cc2)cc1. The number of benzene rings is 4. The molecule has 3 aliphatic heterocycles. The average Bonchev–Trinajstić information content (AvgIpc) is 1.91. The summed E-state index contributed by atoms with van der Waals surface area (Å²) in [5, 5.41) is 106. The molecule has 89 heavy (non-hydrogen) atoms. The number of unbranched alkanes of at least 4 members (excludes halogenated alkanes) is 2. The molecule has 6 unspecified atom stereocenters. The van der Waals surface area contributed by atoms with E-state index in [1.54, 1.807) is 12.1 Å². The highest BCUT2D eigenvalue weighted by Crippen LogP contribution is 2.30. The minimum Gasteiger partial charge on any atom is -0.508 e. The predicted octanol–water partition coefficient (Wildman–Crippen LogP) is -0.667. The van der Waals surface area contributed by atoms with Crippen molar-refractivity contribution in [2.75, 3.05) is 53.2 Å². The number of amides is 7. The lowest BCUT2D eigenvalue weighted by Gasteiger charge is -2.34. The first-order valence-electron chi connectivity index (χ1n) is 29.9. The Kier molecular flexibility index (Phi) is 24.9. The Morgan fingerprint density at radius 3 is 1.79 bits per heavy atom. The third-order valence-electron chi connectivity index (χ3n) is 16.1. The maximum absolute atomic E-state index is 14.8. The van der Waals surface area contributed by atoms with Gasteiger partial charge in [0.2, 0.25) is 35.4 Å². The van der Waals surface area contributed by atoms with E-state index in [-0.39, 0.29) is 49.8 Å². The van der Waals surface area contributed by atoms with E-state index in [9.17, 15) is 74.4 Å². The molecule has 3 heterocycles. The molecule has 3 fully saturated rings. The molecule has 0 radical (unpaired) electrons. The number of hydrogen-bond acceptors (Lipinski definition) is 19. The third kappa shape index (κ3) is 17.8. The van der Waals surface area contributed by atoms with Crippen LogP contribution in [-0.4, -0.2) is 224 Å². The zero-order chi connectivity index (χ0) is 64.6. The Balaban J connectivity index is 1.23. The number of carbonyl (C=O) groups excluding carboxylic acids is 7. The fourth-order valence-corrected chi connectivity index (χ4v) is 11.0. The lowest BCUT2D eigenvalue weighted by Crippen LogP contribution is -2.64. The molecule has 4 aromatic carbocycles. The minimum atomic E-state index is -2.29. The maximum Gasteiger partial charge on any atom is 0.251 e. The van der Waals surface area contributed by atoms with Crippen LogP contribution in [0, 0.1) is 5.92 Å². The molecule has 0 aromatic heterocycles. The Hall–Kier alpha value is -7.63. The van der Waals surface area contributed by atoms with Gasteiger partial charge in [-0.3, -0.25) is 38.9 Å². The van der Waals surface area contributed by atoms with Gasteiger partial charge in [-0.1, -0.05) is 87.4 Å². The summed E-state index contributed by atoms with van der Waals surface area (Å²) in [6.45, 7) is 5.90. The number of fused-ring (bicyclic) bond motifs is 2. The van der Waals surface area contributed by atoms with Gasteiger partial charge < -0.3 is 91.4 Å². The number of methoxy groups -OCH3 is 1. The highest BCUT2D eigenvalue weighted by molar-refractivity contribution is 6.00. The molecular weight excluding hydrogens is 1160 g/mol. The van der Waals surface area contributed by atoms with Crippen LogP contribution in [0.2, 0.25) is 0 Å². The van der Waals surface area contributed by atoms with Crippen molar-refractivity contribution in [2.45, 2.75) is 145 Å². The Bertz CT molecular complexity index is 3010. The molecule has 0 bridgehead atoms. The lowest BCUT2D eigenvalue weighted by molar-refractivity contribution is -0.148. The fourth-order valence-electron chi connectivity index (χ4n) is 11.0. The number of carbonyl (C=O) groups is 7. The molecule has 0 saturated carbocycles. The Labute approximate surface area is 515 Å². The zero-order valence-electron chi connectivity index (χ0n) is 50.4. The number of phenols is 1. The van der Waals surface area contributed by atoms with Crippen LogP contribution in [0.4, 0.5) is 0 Å². The number of aliphatic hydroxyl groups excluding tert-OH is 7. The molecule has 15 atom stereocenters. The molecule has 484 valence electrons. The van der Waals surface area contributed by atoms with Gasteiger partial charge in [0.1, 0.15) is 66.1 Å². The summed E-state index contributed by atoms with van der Waals surface area (Å²) in [7, 11) is 1.47. The first-order valence-corrected chi connectivity index (χ1v) is 29.9. The van der Waals surface area contributed by atoms with E-state index in [0.29, 0.717) is 6.61 Å². The van der Waals surface area contributed by atoms with Crippen LogP contribution in [0.1, 0.15) is 81.8 Å². The second kappa shape index (κ2) is 32.2. The van der Waals surface area contributed by atoms with E-state index in [0.717, 1.165) is 70.9 Å². The van der Waals surface area contributed by atoms with Crippen LogP contribution in [0.15, 0.2) is 97.1 Å². The van der Waals surface area contributed by atoms with Crippen molar-refractivity contribution in [3.05, 3.63) is 108 Å². The van der Waals surface area contributed by atoms with Crippen LogP contribution < -0.4 is 36.6 Å². The summed E-state index contributed by atoms with van der Waals surface area (Å²) >= 11 is 0. The van der Waals surface area contributed by atoms with Crippen molar-refractivity contribution < 1.29 is 88.6 Å². The van der Waals surface area contributed by atoms with E-state index < -0.39 is 152 Å². The van der Waals surface area contributed by atoms with E-state index in [1.165, 1.54) is 50.4 Å². The molecule has 26 nitrogen and oxygen atoms in total. The van der Waals surface area contributed by atoms with Crippen molar-refractivity contribution in [2.24, 2.45) is 5.92 Å². The van der Waals surface area contributed by atoms with Crippen LogP contribution in [0.5, 0.6) is 11.5 Å². The second-order valence-electron chi connectivity index (χ2n) is 22.9. The number of nitrogens with one attached hydrogen (secondary N) is 6. The number of aromatic hydroxyl groups is 1. The van der Waals surface area contributed by atoms with E-state index >= 15 is 0 Å². The maximum atomic E-state index is 14.8. The second-order valence-corrected chi connectivity index (χ2v) is 22.9. The van der Waals surface area contributed by atoms with E-state index in [1.807, 2.05) is 48.5 Å². The molecule has 4 aromatic rings. The summed E-state index contributed by atoms with van der Waals surface area (Å²) in [4.78, 5) is 104. The zero-order valence-corrected chi connectivity index (χ0v) is 50.4. The number of hydrogen-bond donors (Lipinski definition) is 14. The van der Waals surface area contributed by atoms with Crippen molar-refractivity contribution in [1.82, 2.24) is 41.7 Å². The van der Waals surface area contributed by atoms with Crippen molar-refractivity contribution >= 4 is 41.4 Å². The van der Waals surface area contributed by atoms with Gasteiger partial charge in [0.05, 0.1) is 56.9 Å². The summed E-state index contributed by atoms with van der Waals surface area (Å²) in [6, 6.07) is 15.2. The molecule has 14 N–H and O–H groups in total. The van der Waals surface area contributed by atoms with Crippen molar-refractivity contribution in [1.29, 1.82) is 0 Å². The summed E-state index contributed by atoms with van der Waals surface area (Å²) in [5.41, 5.74) is 3.46. The van der Waals surface area contributed by atoms with Crippen molar-refractivity contribution in [3.63, 3.8) is 0 Å². The van der Waals surface area contributed by atoms with Crippen LogP contribution >= 0.6 is 0 Å². The molecular formula is C63H84N8O18. The minimum absolute atomic E-state index is 0.0287. The average molecular weight is 1240 g/mol. The van der Waals surface area contributed by atoms with E-state index in [2.05, 4.69) is 38.8 Å². The third-order valence-corrected chi connectivity index (χ3v) is 16.1. The molecule has 0 aliphatic carbocycles. The summed E-state index contributed by atoms with van der Waals surface area (Å²) in [5.74, 6) is -8.24. The largest absolute Gasteiger partial charge is 0.508 e. The van der Waals surface area contributed by atoms with Gasteiger partial charge >= 0.3 is 0 Å². The van der Waals surface area contributed by atoms with Crippen LogP contribution in [0.25, 0.3) is 22.3 Å². The molecule has 26 heteroatoms. The quantitative estimate of drug-likeness (QED) is 0.0460. The van der Waals surface area contributed by atoms with Gasteiger partial charge in [-0.25, -0.2) is 0 Å². The standard InChI is InChI=1S/C63H84N8O18/c1-6-7-8-26-89-45-23-19-40(20-24-45)38-11-9-37(10-12-38)39-13-15-42(16-14-39)57(80)65-46-31-48(76)56(64-25-27-88-29-28-87-5)69-61(84)52-53(77)34(2)32-71(52)63(86)50(36(4)73)67-60(83)51(55(79)54(78)41-17-21-43(74)22-18-41)68-59(82)47-30-44(75)33-70(47)62(85)49(35(3)72)66-58(46)81/h9-24,34-36,44,46-56,64,72-79H,6-8,25-33H2,1-5H3,(H,65,80)(H,66,81)(H,67,83)(H,68,82)(H,69,84)/t34-,35+,36+,44+,46?,47?,48+,49?,50?,51?,52-,53-,54-,55-,56?/m0/s1. The number of rotatable bonds is 21. The number of ether oxygens (including phenoxy) is 3. The van der Waals surface area contributed by atoms with Crippen molar-refractivity contribution in [3.8, 4) is 33.8 Å². The van der Waals surface area contributed by atoms with Crippen LogP contribution in [-0.2, 0) is 38.2 Å². The van der Waals surface area contributed by atoms with Gasteiger partial charge in [-0.05, 0) is 84.5 Å². The summed E-state index contributed by atoms with van der Waals surface area (Å²) in [6.07, 6.45) is -12.4. The topological polar surface area (TPSA) is 388 Å². The van der Waals surface area contributed by atoms with Gasteiger partial charge in [0.25, 0.3) is 5.91 Å². The lowest BCUT2D eigenvalue weighted by atomic mass is 9.96. The molecule has 3 aliphatic rings. The van der Waals surface area contributed by atoms with Gasteiger partial charge in [-0.15, -0.1) is 0 Å². The first kappa shape index (κ1) is 68.9. The monoisotopic (exact) mass is 1240 g/mol. The predicted molar refractivity (Wildman–Crippen MR) is 322 cm³/mol. The number of phenolic OH excluding ortho intramolecular Hbond substituents is 1. The normalized spacial score (nSPS) is 26.3. The Morgan fingerprint density at radius 1 is 0.640 bits per heavy atom. The smallest absolute Gasteiger partial charge is 0.251 e. The highest BCUT2D eigenvalue weighted by Gasteiger charge is 2.50. The van der Waals surface area contributed by atoms with E-state index in [4.69, 9.17) is 14.2 Å². The summed E-state index contributed by atoms with van der Waals surface area (Å²) < 4.78 is 16.5. The first-order chi connectivity index (χ1) is 42.5. The Morgan fingerprint density at radius 2 is 1.20 bits per heavy atom.